The maximum absolute atomic E-state index is 12.1. The van der Waals surface area contributed by atoms with Gasteiger partial charge in [-0.25, -0.2) is 0 Å². The molecule has 6 heteroatoms. The van der Waals surface area contributed by atoms with Crippen LogP contribution in [0, 0.1) is 0 Å². The molecule has 0 fully saturated rings. The van der Waals surface area contributed by atoms with Crippen molar-refractivity contribution in [1.82, 2.24) is 5.32 Å². The first kappa shape index (κ1) is 14.4. The van der Waals surface area contributed by atoms with Crippen molar-refractivity contribution in [3.63, 3.8) is 0 Å². The third kappa shape index (κ3) is 2.97. The van der Waals surface area contributed by atoms with Crippen LogP contribution in [-0.2, 0) is 0 Å². The molecule has 1 aromatic rings. The van der Waals surface area contributed by atoms with Gasteiger partial charge in [-0.1, -0.05) is 37.7 Å². The zero-order valence-corrected chi connectivity index (χ0v) is 12.1. The molecular formula is C11H15ClN2OS2. The first-order valence-corrected chi connectivity index (χ1v) is 6.98. The van der Waals surface area contributed by atoms with Gasteiger partial charge in [-0.05, 0) is 24.3 Å². The third-order valence-corrected chi connectivity index (χ3v) is 4.59. The Bertz CT molecular complexity index is 427. The highest BCUT2D eigenvalue weighted by Gasteiger charge is 2.32. The van der Waals surface area contributed by atoms with Crippen LogP contribution in [0.4, 0.5) is 0 Å². The molecule has 1 heterocycles. The van der Waals surface area contributed by atoms with E-state index < -0.39 is 5.54 Å². The van der Waals surface area contributed by atoms with E-state index in [9.17, 15) is 4.79 Å². The SMILES string of the molecule is CCC(CC)(NC(=O)c1sccc1Cl)C(N)=S. The number of carbonyl (C=O) groups excluding carboxylic acids is 1. The van der Waals surface area contributed by atoms with Gasteiger partial charge in [0.25, 0.3) is 5.91 Å². The lowest BCUT2D eigenvalue weighted by Gasteiger charge is -2.31. The number of carbonyl (C=O) groups is 1. The molecule has 0 unspecified atom stereocenters. The molecule has 94 valence electrons. The van der Waals surface area contributed by atoms with Gasteiger partial charge in [-0.2, -0.15) is 0 Å². The van der Waals surface area contributed by atoms with Gasteiger partial charge in [0, 0.05) is 0 Å². The summed E-state index contributed by atoms with van der Waals surface area (Å²) in [6.07, 6.45) is 1.32. The van der Waals surface area contributed by atoms with Crippen molar-refractivity contribution in [2.24, 2.45) is 5.73 Å². The van der Waals surface area contributed by atoms with Crippen molar-refractivity contribution in [1.29, 1.82) is 0 Å². The molecule has 1 aromatic heterocycles. The lowest BCUT2D eigenvalue weighted by molar-refractivity contribution is 0.0924. The summed E-state index contributed by atoms with van der Waals surface area (Å²) in [4.78, 5) is 12.9. The number of halogens is 1. The second-order valence-electron chi connectivity index (χ2n) is 3.71. The molecule has 1 amide bonds. The predicted octanol–water partition coefficient (Wildman–Crippen LogP) is 2.98. The Morgan fingerprint density at radius 2 is 2.18 bits per heavy atom. The number of thiocarbonyl (C=S) groups is 1. The lowest BCUT2D eigenvalue weighted by Crippen LogP contribution is -2.55. The Morgan fingerprint density at radius 1 is 1.59 bits per heavy atom. The maximum atomic E-state index is 12.1. The summed E-state index contributed by atoms with van der Waals surface area (Å²) < 4.78 is 0. The smallest absolute Gasteiger partial charge is 0.263 e. The zero-order chi connectivity index (χ0) is 13.1. The number of rotatable bonds is 5. The van der Waals surface area contributed by atoms with Gasteiger partial charge in [0.2, 0.25) is 0 Å². The maximum Gasteiger partial charge on any atom is 0.263 e. The summed E-state index contributed by atoms with van der Waals surface area (Å²) >= 11 is 12.3. The fraction of sp³-hybridized carbons (Fsp3) is 0.455. The molecule has 0 aliphatic rings. The molecule has 0 aliphatic heterocycles. The molecule has 0 aromatic carbocycles. The van der Waals surface area contributed by atoms with E-state index >= 15 is 0 Å². The van der Waals surface area contributed by atoms with E-state index in [1.54, 1.807) is 11.4 Å². The van der Waals surface area contributed by atoms with Crippen LogP contribution in [-0.4, -0.2) is 16.4 Å². The lowest BCUT2D eigenvalue weighted by atomic mass is 9.92. The Hall–Kier alpha value is -0.650. The summed E-state index contributed by atoms with van der Waals surface area (Å²) in [5.74, 6) is -0.221. The average molecular weight is 291 g/mol. The molecule has 3 nitrogen and oxygen atoms in total. The third-order valence-electron chi connectivity index (χ3n) is 2.85. The normalized spacial score (nSPS) is 11.2. The van der Waals surface area contributed by atoms with E-state index in [2.05, 4.69) is 5.32 Å². The van der Waals surface area contributed by atoms with Crippen molar-refractivity contribution in [2.45, 2.75) is 32.2 Å². The molecule has 0 atom stereocenters. The van der Waals surface area contributed by atoms with Gasteiger partial charge in [-0.15, -0.1) is 11.3 Å². The highest BCUT2D eigenvalue weighted by Crippen LogP contribution is 2.24. The summed E-state index contributed by atoms with van der Waals surface area (Å²) in [5.41, 5.74) is 5.09. The van der Waals surface area contributed by atoms with Gasteiger partial charge < -0.3 is 11.1 Å². The minimum Gasteiger partial charge on any atom is -0.391 e. The first-order valence-electron chi connectivity index (χ1n) is 5.32. The molecule has 0 aliphatic carbocycles. The van der Waals surface area contributed by atoms with Crippen LogP contribution >= 0.6 is 35.2 Å². The predicted molar refractivity (Wildman–Crippen MR) is 76.9 cm³/mol. The van der Waals surface area contributed by atoms with E-state index in [4.69, 9.17) is 29.6 Å². The minimum atomic E-state index is -0.625. The average Bonchev–Trinajstić information content (AvgIpc) is 2.72. The number of amides is 1. The quantitative estimate of drug-likeness (QED) is 0.820. The first-order chi connectivity index (χ1) is 7.96. The van der Waals surface area contributed by atoms with Gasteiger partial charge in [0.05, 0.1) is 15.6 Å². The van der Waals surface area contributed by atoms with Crippen molar-refractivity contribution in [3.05, 3.63) is 21.3 Å². The Labute approximate surface area is 115 Å². The van der Waals surface area contributed by atoms with Gasteiger partial charge in [0.15, 0.2) is 0 Å². The summed E-state index contributed by atoms with van der Waals surface area (Å²) in [7, 11) is 0. The number of nitrogens with one attached hydrogen (secondary N) is 1. The molecule has 0 saturated carbocycles. The standard InChI is InChI=1S/C11H15ClN2OS2/c1-3-11(4-2,10(13)16)14-9(15)8-7(12)5-6-17-8/h5-6H,3-4H2,1-2H3,(H2,13,16)(H,14,15). The van der Waals surface area contributed by atoms with Gasteiger partial charge >= 0.3 is 0 Å². The van der Waals surface area contributed by atoms with Crippen molar-refractivity contribution < 1.29 is 4.79 Å². The minimum absolute atomic E-state index is 0.221. The molecule has 1 rings (SSSR count). The number of thiophene rings is 1. The Kier molecular flexibility index (Phi) is 4.91. The van der Waals surface area contributed by atoms with Crippen molar-refractivity contribution >= 4 is 46.1 Å². The monoisotopic (exact) mass is 290 g/mol. The molecular weight excluding hydrogens is 276 g/mol. The molecule has 3 N–H and O–H groups in total. The fourth-order valence-electron chi connectivity index (χ4n) is 1.57. The van der Waals surface area contributed by atoms with E-state index in [0.717, 1.165) is 0 Å². The summed E-state index contributed by atoms with van der Waals surface area (Å²) in [6.45, 7) is 3.89. The van der Waals surface area contributed by atoms with Gasteiger partial charge in [0.1, 0.15) is 4.88 Å². The van der Waals surface area contributed by atoms with Crippen molar-refractivity contribution in [3.8, 4) is 0 Å². The van der Waals surface area contributed by atoms with Gasteiger partial charge in [-0.3, -0.25) is 4.79 Å². The molecule has 0 radical (unpaired) electrons. The van der Waals surface area contributed by atoms with E-state index in [0.29, 0.717) is 27.7 Å². The molecule has 0 bridgehead atoms. The topological polar surface area (TPSA) is 55.1 Å². The van der Waals surface area contributed by atoms with Crippen LogP contribution in [0.2, 0.25) is 5.02 Å². The van der Waals surface area contributed by atoms with E-state index in [-0.39, 0.29) is 5.91 Å². The number of hydrogen-bond donors (Lipinski definition) is 2. The summed E-state index contributed by atoms with van der Waals surface area (Å²) in [6, 6.07) is 1.70. The largest absolute Gasteiger partial charge is 0.391 e. The molecule has 0 saturated heterocycles. The Balaban J connectivity index is 2.93. The highest BCUT2D eigenvalue weighted by molar-refractivity contribution is 7.80. The summed E-state index contributed by atoms with van der Waals surface area (Å²) in [5, 5.41) is 5.12. The second kappa shape index (κ2) is 5.80. The number of nitrogens with two attached hydrogens (primary N) is 1. The second-order valence-corrected chi connectivity index (χ2v) is 5.47. The van der Waals surface area contributed by atoms with Crippen LogP contribution in [0.15, 0.2) is 11.4 Å². The molecule has 0 spiro atoms. The van der Waals surface area contributed by atoms with Crippen molar-refractivity contribution in [2.75, 3.05) is 0 Å². The zero-order valence-electron chi connectivity index (χ0n) is 9.75. The van der Waals surface area contributed by atoms with Crippen LogP contribution in [0.25, 0.3) is 0 Å². The van der Waals surface area contributed by atoms with Crippen LogP contribution in [0.3, 0.4) is 0 Å². The molecule has 17 heavy (non-hydrogen) atoms. The highest BCUT2D eigenvalue weighted by atomic mass is 35.5. The van der Waals surface area contributed by atoms with Crippen LogP contribution < -0.4 is 11.1 Å². The fourth-order valence-corrected chi connectivity index (χ4v) is 2.94. The van der Waals surface area contributed by atoms with E-state index in [1.807, 2.05) is 13.8 Å². The van der Waals surface area contributed by atoms with Crippen LogP contribution in [0.5, 0.6) is 0 Å². The van der Waals surface area contributed by atoms with Crippen LogP contribution in [0.1, 0.15) is 36.4 Å². The van der Waals surface area contributed by atoms with E-state index in [1.165, 1.54) is 11.3 Å². The number of hydrogen-bond acceptors (Lipinski definition) is 3. The Morgan fingerprint density at radius 3 is 2.53 bits per heavy atom.